The van der Waals surface area contributed by atoms with E-state index in [1.807, 2.05) is 30.0 Å². The summed E-state index contributed by atoms with van der Waals surface area (Å²) in [5.74, 6) is 0.115. The minimum Gasteiger partial charge on any atom is -0.379 e. The number of carbonyl (C=O) groups is 1. The Bertz CT molecular complexity index is 981. The summed E-state index contributed by atoms with van der Waals surface area (Å²) in [5.41, 5.74) is 10.5. The van der Waals surface area contributed by atoms with Crippen LogP contribution < -0.4 is 11.1 Å². The van der Waals surface area contributed by atoms with Crippen molar-refractivity contribution in [2.75, 3.05) is 18.4 Å². The zero-order chi connectivity index (χ0) is 20.4. The average molecular weight is 406 g/mol. The molecule has 1 saturated heterocycles. The predicted octanol–water partition coefficient (Wildman–Crippen LogP) is 5.07. The summed E-state index contributed by atoms with van der Waals surface area (Å²) >= 11 is 1.58. The van der Waals surface area contributed by atoms with Crippen molar-refractivity contribution in [2.45, 2.75) is 32.4 Å². The van der Waals surface area contributed by atoms with E-state index in [2.05, 4.69) is 54.7 Å². The fraction of sp³-hybridized carbons (Fsp3) is 0.292. The Morgan fingerprint density at radius 2 is 1.90 bits per heavy atom. The number of nitrogens with one attached hydrogen (secondary N) is 1. The van der Waals surface area contributed by atoms with Gasteiger partial charge in [-0.3, -0.25) is 4.79 Å². The van der Waals surface area contributed by atoms with Crippen molar-refractivity contribution in [3.63, 3.8) is 0 Å². The van der Waals surface area contributed by atoms with Crippen LogP contribution in [0.3, 0.4) is 0 Å². The first-order chi connectivity index (χ1) is 14.0. The zero-order valence-electron chi connectivity index (χ0n) is 16.9. The molecule has 1 aliphatic rings. The highest BCUT2D eigenvalue weighted by atomic mass is 32.1. The van der Waals surface area contributed by atoms with Crippen molar-refractivity contribution in [1.29, 1.82) is 0 Å². The van der Waals surface area contributed by atoms with Crippen molar-refractivity contribution < 1.29 is 4.79 Å². The van der Waals surface area contributed by atoms with Crippen molar-refractivity contribution in [1.82, 2.24) is 4.90 Å². The average Bonchev–Trinajstić information content (AvgIpc) is 3.34. The third-order valence-corrected chi connectivity index (χ3v) is 6.75. The largest absolute Gasteiger partial charge is 0.379 e. The highest BCUT2D eigenvalue weighted by molar-refractivity contribution is 7.17. The molecule has 150 valence electrons. The summed E-state index contributed by atoms with van der Waals surface area (Å²) in [5, 5.41) is 3.52. The van der Waals surface area contributed by atoms with Gasteiger partial charge in [-0.25, -0.2) is 0 Å². The number of nitrogens with zero attached hydrogens (tertiary/aromatic N) is 1. The molecule has 1 unspecified atom stereocenters. The van der Waals surface area contributed by atoms with Crippen LogP contribution in [-0.4, -0.2) is 29.9 Å². The molecule has 1 aliphatic heterocycles. The molecule has 4 nitrogen and oxygen atoms in total. The number of hydrogen-bond acceptors (Lipinski definition) is 4. The van der Waals surface area contributed by atoms with Crippen LogP contribution in [0.1, 0.15) is 40.2 Å². The summed E-state index contributed by atoms with van der Waals surface area (Å²) < 4.78 is 0. The van der Waals surface area contributed by atoms with Gasteiger partial charge in [0.05, 0.1) is 4.88 Å². The first kappa shape index (κ1) is 19.7. The standard InChI is InChI=1S/C24H27N3OS/c1-16-14-22(29-23(16)24(28)27-13-12-20(25)15-27)19-10-8-18(9-11-19)17(2)26-21-6-4-3-5-7-21/h3-11,14,17,20,26H,12-13,15,25H2,1-2H3/t17-,20?/m0/s1. The van der Waals surface area contributed by atoms with E-state index in [-0.39, 0.29) is 18.0 Å². The van der Waals surface area contributed by atoms with E-state index >= 15 is 0 Å². The molecular formula is C24H27N3OS. The van der Waals surface area contributed by atoms with Crippen LogP contribution in [0.15, 0.2) is 60.7 Å². The molecule has 2 heterocycles. The summed E-state index contributed by atoms with van der Waals surface area (Å²) in [4.78, 5) is 16.7. The smallest absolute Gasteiger partial charge is 0.264 e. The quantitative estimate of drug-likeness (QED) is 0.623. The Morgan fingerprint density at radius 3 is 2.55 bits per heavy atom. The van der Waals surface area contributed by atoms with Gasteiger partial charge in [-0.1, -0.05) is 42.5 Å². The molecule has 3 aromatic rings. The molecule has 0 saturated carbocycles. The van der Waals surface area contributed by atoms with E-state index in [4.69, 9.17) is 5.73 Å². The molecule has 1 aromatic heterocycles. The number of anilines is 1. The molecule has 5 heteroatoms. The van der Waals surface area contributed by atoms with Gasteiger partial charge >= 0.3 is 0 Å². The number of likely N-dealkylation sites (tertiary alicyclic amines) is 1. The lowest BCUT2D eigenvalue weighted by Gasteiger charge is -2.16. The topological polar surface area (TPSA) is 58.4 Å². The van der Waals surface area contributed by atoms with Crippen LogP contribution in [0.5, 0.6) is 0 Å². The third kappa shape index (κ3) is 4.36. The van der Waals surface area contributed by atoms with E-state index in [1.54, 1.807) is 11.3 Å². The Morgan fingerprint density at radius 1 is 1.17 bits per heavy atom. The second kappa shape index (κ2) is 8.39. The van der Waals surface area contributed by atoms with E-state index in [9.17, 15) is 4.79 Å². The van der Waals surface area contributed by atoms with Crippen LogP contribution in [-0.2, 0) is 0 Å². The molecule has 4 rings (SSSR count). The second-order valence-corrected chi connectivity index (χ2v) is 8.83. The van der Waals surface area contributed by atoms with Gasteiger partial charge in [0.1, 0.15) is 0 Å². The zero-order valence-corrected chi connectivity index (χ0v) is 17.7. The molecule has 3 N–H and O–H groups in total. The predicted molar refractivity (Wildman–Crippen MR) is 121 cm³/mol. The third-order valence-electron chi connectivity index (χ3n) is 5.48. The van der Waals surface area contributed by atoms with E-state index in [0.717, 1.165) is 39.5 Å². The fourth-order valence-corrected chi connectivity index (χ4v) is 4.90. The van der Waals surface area contributed by atoms with E-state index in [0.29, 0.717) is 6.54 Å². The Kier molecular flexibility index (Phi) is 5.69. The van der Waals surface area contributed by atoms with Crippen LogP contribution in [0.4, 0.5) is 5.69 Å². The first-order valence-corrected chi connectivity index (χ1v) is 10.9. The Labute approximate surface area is 176 Å². The minimum absolute atomic E-state index is 0.109. The van der Waals surface area contributed by atoms with Crippen LogP contribution in [0.2, 0.25) is 0 Å². The van der Waals surface area contributed by atoms with Crippen molar-refractivity contribution in [3.8, 4) is 10.4 Å². The SMILES string of the molecule is Cc1cc(-c2ccc([C@H](C)Nc3ccccc3)cc2)sc1C(=O)N1CCC(N)C1. The number of amides is 1. The maximum absolute atomic E-state index is 12.8. The summed E-state index contributed by atoms with van der Waals surface area (Å²) in [6.45, 7) is 5.60. The number of aryl methyl sites for hydroxylation is 1. The van der Waals surface area contributed by atoms with Crippen molar-refractivity contribution in [2.24, 2.45) is 5.73 Å². The fourth-order valence-electron chi connectivity index (χ4n) is 3.76. The lowest BCUT2D eigenvalue weighted by molar-refractivity contribution is 0.0795. The maximum atomic E-state index is 12.8. The maximum Gasteiger partial charge on any atom is 0.264 e. The first-order valence-electron chi connectivity index (χ1n) is 10.1. The van der Waals surface area contributed by atoms with Gasteiger partial charge in [-0.2, -0.15) is 0 Å². The minimum atomic E-state index is 0.109. The normalized spacial score (nSPS) is 17.3. The van der Waals surface area contributed by atoms with Gasteiger partial charge < -0.3 is 16.0 Å². The lowest BCUT2D eigenvalue weighted by atomic mass is 10.0. The van der Waals surface area contributed by atoms with Gasteiger partial charge in [0, 0.05) is 35.7 Å². The van der Waals surface area contributed by atoms with Gasteiger partial charge in [0.2, 0.25) is 0 Å². The van der Waals surface area contributed by atoms with Gasteiger partial charge in [0.15, 0.2) is 0 Å². The number of para-hydroxylation sites is 1. The molecule has 0 aliphatic carbocycles. The summed E-state index contributed by atoms with van der Waals surface area (Å²) in [6, 6.07) is 21.3. The second-order valence-electron chi connectivity index (χ2n) is 7.78. The summed E-state index contributed by atoms with van der Waals surface area (Å²) in [7, 11) is 0. The summed E-state index contributed by atoms with van der Waals surface area (Å²) in [6.07, 6.45) is 0.889. The molecule has 2 aromatic carbocycles. The van der Waals surface area contributed by atoms with Crippen LogP contribution in [0.25, 0.3) is 10.4 Å². The van der Waals surface area contributed by atoms with Gasteiger partial charge in [-0.05, 0) is 55.2 Å². The molecule has 0 spiro atoms. The molecule has 1 amide bonds. The van der Waals surface area contributed by atoms with Gasteiger partial charge in [0.25, 0.3) is 5.91 Å². The number of carbonyl (C=O) groups excluding carboxylic acids is 1. The molecule has 0 radical (unpaired) electrons. The van der Waals surface area contributed by atoms with E-state index in [1.165, 1.54) is 5.56 Å². The number of hydrogen-bond donors (Lipinski definition) is 2. The van der Waals surface area contributed by atoms with Crippen molar-refractivity contribution >= 4 is 22.9 Å². The number of rotatable bonds is 5. The molecule has 1 fully saturated rings. The van der Waals surface area contributed by atoms with Crippen molar-refractivity contribution in [3.05, 3.63) is 76.7 Å². The van der Waals surface area contributed by atoms with E-state index < -0.39 is 0 Å². The molecule has 29 heavy (non-hydrogen) atoms. The monoisotopic (exact) mass is 405 g/mol. The van der Waals surface area contributed by atoms with Crippen LogP contribution in [0, 0.1) is 6.92 Å². The molecule has 2 atom stereocenters. The number of thiophene rings is 1. The Balaban J connectivity index is 1.48. The number of benzene rings is 2. The molecular weight excluding hydrogens is 378 g/mol. The molecule has 0 bridgehead atoms. The lowest BCUT2D eigenvalue weighted by Crippen LogP contribution is -2.31. The highest BCUT2D eigenvalue weighted by Crippen LogP contribution is 2.33. The van der Waals surface area contributed by atoms with Gasteiger partial charge in [-0.15, -0.1) is 11.3 Å². The number of nitrogens with two attached hydrogens (primary N) is 1. The Hall–Kier alpha value is -2.63. The van der Waals surface area contributed by atoms with Crippen LogP contribution >= 0.6 is 11.3 Å². The highest BCUT2D eigenvalue weighted by Gasteiger charge is 2.27.